The van der Waals surface area contributed by atoms with Crippen LogP contribution in [0.4, 0.5) is 0 Å². The van der Waals surface area contributed by atoms with E-state index < -0.39 is 11.7 Å². The minimum atomic E-state index is -1.58. The molecule has 3 nitrogen and oxygen atoms in total. The maximum absolute atomic E-state index is 11.0. The quantitative estimate of drug-likeness (QED) is 0.610. The maximum Gasteiger partial charge on any atom is 0.163 e. The van der Waals surface area contributed by atoms with E-state index in [2.05, 4.69) is 6.92 Å². The lowest BCUT2D eigenvalue weighted by molar-refractivity contribution is -0.145. The average molecular weight is 216 g/mol. The fourth-order valence-electron chi connectivity index (χ4n) is 1.46. The highest BCUT2D eigenvalue weighted by Crippen LogP contribution is 2.17. The molecule has 90 valence electrons. The Morgan fingerprint density at radius 1 is 1.27 bits per heavy atom. The molecule has 2 unspecified atom stereocenters. The molecule has 0 saturated heterocycles. The molecule has 0 heterocycles. The first-order chi connectivity index (χ1) is 6.92. The van der Waals surface area contributed by atoms with Crippen LogP contribution in [0.1, 0.15) is 59.3 Å². The van der Waals surface area contributed by atoms with Crippen molar-refractivity contribution in [2.45, 2.75) is 71.0 Å². The summed E-state index contributed by atoms with van der Waals surface area (Å²) in [7, 11) is 0. The van der Waals surface area contributed by atoms with Gasteiger partial charge in [-0.15, -0.1) is 0 Å². The van der Waals surface area contributed by atoms with Gasteiger partial charge < -0.3 is 10.2 Å². The van der Waals surface area contributed by atoms with Crippen LogP contribution in [0.3, 0.4) is 0 Å². The van der Waals surface area contributed by atoms with Crippen LogP contribution in [0.5, 0.6) is 0 Å². The molecule has 0 aromatic heterocycles. The number of rotatable bonds is 8. The van der Waals surface area contributed by atoms with Gasteiger partial charge in [-0.05, 0) is 20.3 Å². The third kappa shape index (κ3) is 5.28. The van der Waals surface area contributed by atoms with Crippen LogP contribution < -0.4 is 0 Å². The maximum atomic E-state index is 11.0. The monoisotopic (exact) mass is 216 g/mol. The van der Waals surface area contributed by atoms with E-state index in [0.717, 1.165) is 19.3 Å². The highest BCUT2D eigenvalue weighted by molar-refractivity contribution is 5.84. The van der Waals surface area contributed by atoms with Gasteiger partial charge in [0.25, 0.3) is 0 Å². The van der Waals surface area contributed by atoms with E-state index in [-0.39, 0.29) is 5.78 Å². The zero-order chi connectivity index (χ0) is 11.9. The lowest BCUT2D eigenvalue weighted by Gasteiger charge is -2.26. The van der Waals surface area contributed by atoms with Gasteiger partial charge in [0.1, 0.15) is 5.60 Å². The third-order valence-electron chi connectivity index (χ3n) is 2.94. The topological polar surface area (TPSA) is 57.5 Å². The first-order valence-electron chi connectivity index (χ1n) is 5.84. The van der Waals surface area contributed by atoms with Crippen LogP contribution in [-0.2, 0) is 4.79 Å². The Morgan fingerprint density at radius 3 is 2.27 bits per heavy atom. The van der Waals surface area contributed by atoms with Gasteiger partial charge in [0.05, 0.1) is 6.10 Å². The van der Waals surface area contributed by atoms with Crippen LogP contribution in [-0.4, -0.2) is 27.7 Å². The van der Waals surface area contributed by atoms with Crippen LogP contribution in [0.25, 0.3) is 0 Å². The second-order valence-corrected chi connectivity index (χ2v) is 4.42. The number of carbonyl (C=O) groups excluding carboxylic acids is 1. The Morgan fingerprint density at radius 2 is 1.80 bits per heavy atom. The Bertz CT molecular complexity index is 187. The van der Waals surface area contributed by atoms with Crippen molar-refractivity contribution in [1.29, 1.82) is 0 Å². The highest BCUT2D eigenvalue weighted by atomic mass is 16.3. The number of Topliss-reactive ketones (excluding diaryl/α,β-unsaturated/α-hetero) is 1. The molecule has 0 aliphatic heterocycles. The predicted molar refractivity (Wildman–Crippen MR) is 60.7 cm³/mol. The van der Waals surface area contributed by atoms with Crippen LogP contribution in [0, 0.1) is 0 Å². The van der Waals surface area contributed by atoms with Gasteiger partial charge in [0.15, 0.2) is 5.78 Å². The standard InChI is InChI=1S/C12H24O3/c1-4-5-6-7-8-9-11(14)12(3,15)10(2)13/h11,14-15H,4-9H2,1-3H3. The molecule has 0 radical (unpaired) electrons. The van der Waals surface area contributed by atoms with Gasteiger partial charge in [0, 0.05) is 0 Å². The normalized spacial score (nSPS) is 17.1. The summed E-state index contributed by atoms with van der Waals surface area (Å²) < 4.78 is 0. The summed E-state index contributed by atoms with van der Waals surface area (Å²) in [6, 6.07) is 0. The van der Waals surface area contributed by atoms with Gasteiger partial charge >= 0.3 is 0 Å². The first-order valence-corrected chi connectivity index (χ1v) is 5.84. The molecular formula is C12H24O3. The van der Waals surface area contributed by atoms with E-state index in [4.69, 9.17) is 0 Å². The second-order valence-electron chi connectivity index (χ2n) is 4.42. The van der Waals surface area contributed by atoms with Gasteiger partial charge in [-0.3, -0.25) is 4.79 Å². The second kappa shape index (κ2) is 6.96. The number of aliphatic hydroxyl groups excluding tert-OH is 1. The van der Waals surface area contributed by atoms with Crippen molar-refractivity contribution in [2.75, 3.05) is 0 Å². The summed E-state index contributed by atoms with van der Waals surface area (Å²) in [6.07, 6.45) is 5.04. The summed E-state index contributed by atoms with van der Waals surface area (Å²) in [5, 5.41) is 19.3. The van der Waals surface area contributed by atoms with Crippen molar-refractivity contribution in [3.8, 4) is 0 Å². The largest absolute Gasteiger partial charge is 0.390 e. The number of hydrogen-bond donors (Lipinski definition) is 2. The molecule has 0 saturated carbocycles. The molecule has 0 amide bonds. The number of aliphatic hydroxyl groups is 2. The van der Waals surface area contributed by atoms with E-state index in [1.54, 1.807) is 0 Å². The molecule has 0 aromatic carbocycles. The molecule has 15 heavy (non-hydrogen) atoms. The molecular weight excluding hydrogens is 192 g/mol. The Labute approximate surface area is 92.5 Å². The summed E-state index contributed by atoms with van der Waals surface area (Å²) in [5.41, 5.74) is -1.58. The van der Waals surface area contributed by atoms with Crippen LogP contribution in [0.15, 0.2) is 0 Å². The zero-order valence-electron chi connectivity index (χ0n) is 10.1. The van der Waals surface area contributed by atoms with Crippen molar-refractivity contribution < 1.29 is 15.0 Å². The third-order valence-corrected chi connectivity index (χ3v) is 2.94. The molecule has 2 N–H and O–H groups in total. The number of carbonyl (C=O) groups is 1. The first kappa shape index (κ1) is 14.6. The van der Waals surface area contributed by atoms with Crippen molar-refractivity contribution in [3.63, 3.8) is 0 Å². The Balaban J connectivity index is 3.73. The van der Waals surface area contributed by atoms with Gasteiger partial charge in [-0.25, -0.2) is 0 Å². The number of unbranched alkanes of at least 4 members (excludes halogenated alkanes) is 4. The summed E-state index contributed by atoms with van der Waals surface area (Å²) >= 11 is 0. The van der Waals surface area contributed by atoms with E-state index in [0.29, 0.717) is 6.42 Å². The molecule has 3 heteroatoms. The molecule has 0 bridgehead atoms. The van der Waals surface area contributed by atoms with Crippen molar-refractivity contribution in [1.82, 2.24) is 0 Å². The summed E-state index contributed by atoms with van der Waals surface area (Å²) in [6.45, 7) is 4.84. The van der Waals surface area contributed by atoms with Crippen molar-refractivity contribution >= 4 is 5.78 Å². The zero-order valence-corrected chi connectivity index (χ0v) is 10.1. The van der Waals surface area contributed by atoms with Gasteiger partial charge in [0.2, 0.25) is 0 Å². The Hall–Kier alpha value is -0.410. The molecule has 0 fully saturated rings. The van der Waals surface area contributed by atoms with E-state index in [1.807, 2.05) is 0 Å². The fourth-order valence-corrected chi connectivity index (χ4v) is 1.46. The SMILES string of the molecule is CCCCCCCC(O)C(C)(O)C(C)=O. The van der Waals surface area contributed by atoms with Gasteiger partial charge in [-0.1, -0.05) is 39.0 Å². The van der Waals surface area contributed by atoms with Gasteiger partial charge in [-0.2, -0.15) is 0 Å². The Kier molecular flexibility index (Phi) is 6.77. The van der Waals surface area contributed by atoms with Crippen molar-refractivity contribution in [2.24, 2.45) is 0 Å². The molecule has 0 aliphatic rings. The van der Waals surface area contributed by atoms with Crippen LogP contribution in [0.2, 0.25) is 0 Å². The average Bonchev–Trinajstić information content (AvgIpc) is 2.16. The molecule has 0 spiro atoms. The number of hydrogen-bond acceptors (Lipinski definition) is 3. The smallest absolute Gasteiger partial charge is 0.163 e. The molecule has 0 aromatic rings. The lowest BCUT2D eigenvalue weighted by Crippen LogP contribution is -2.45. The molecule has 2 atom stereocenters. The molecule has 0 rings (SSSR count). The van der Waals surface area contributed by atoms with E-state index >= 15 is 0 Å². The minimum Gasteiger partial charge on any atom is -0.390 e. The molecule has 0 aliphatic carbocycles. The number of ketones is 1. The highest BCUT2D eigenvalue weighted by Gasteiger charge is 2.34. The summed E-state index contributed by atoms with van der Waals surface area (Å²) in [4.78, 5) is 11.0. The lowest BCUT2D eigenvalue weighted by atomic mass is 9.91. The van der Waals surface area contributed by atoms with E-state index in [9.17, 15) is 15.0 Å². The minimum absolute atomic E-state index is 0.372. The van der Waals surface area contributed by atoms with E-state index in [1.165, 1.54) is 26.7 Å². The van der Waals surface area contributed by atoms with Crippen molar-refractivity contribution in [3.05, 3.63) is 0 Å². The summed E-state index contributed by atoms with van der Waals surface area (Å²) in [5.74, 6) is -0.372. The van der Waals surface area contributed by atoms with Crippen LogP contribution >= 0.6 is 0 Å². The predicted octanol–water partition coefficient (Wildman–Crippen LogP) is 2.05. The fraction of sp³-hybridized carbons (Fsp3) is 0.917.